The van der Waals surface area contributed by atoms with Gasteiger partial charge in [0.1, 0.15) is 0 Å². The quantitative estimate of drug-likeness (QED) is 0.801. The molecule has 1 saturated heterocycles. The Hall–Kier alpha value is -0.160. The first-order valence-corrected chi connectivity index (χ1v) is 7.04. The number of halogens is 2. The second kappa shape index (κ2) is 6.14. The summed E-state index contributed by atoms with van der Waals surface area (Å²) >= 11 is 9.25. The Kier molecular flexibility index (Phi) is 4.79. The van der Waals surface area contributed by atoms with Crippen molar-refractivity contribution in [2.24, 2.45) is 0 Å². The topological polar surface area (TPSA) is 25.4 Å². The molecule has 0 spiro atoms. The van der Waals surface area contributed by atoms with Crippen molar-refractivity contribution >= 4 is 27.5 Å². The summed E-state index contributed by atoms with van der Waals surface area (Å²) in [5.41, 5.74) is 1.08. The smallest absolute Gasteiger partial charge is 0.0841 e. The van der Waals surface area contributed by atoms with E-state index in [9.17, 15) is 0 Å². The highest BCUT2D eigenvalue weighted by atomic mass is 79.9. The molecule has 2 rings (SSSR count). The average Bonchev–Trinajstić information content (AvgIpc) is 2.31. The SMILES string of the molecule is CC1CN(Cc2ccc(Br)cn2)CC(CCl)O1. The van der Waals surface area contributed by atoms with Crippen molar-refractivity contribution in [2.45, 2.75) is 25.7 Å². The molecule has 0 radical (unpaired) electrons. The van der Waals surface area contributed by atoms with Gasteiger partial charge < -0.3 is 4.74 Å². The van der Waals surface area contributed by atoms with Crippen molar-refractivity contribution < 1.29 is 4.74 Å². The van der Waals surface area contributed by atoms with E-state index in [4.69, 9.17) is 16.3 Å². The molecule has 0 amide bonds. The first-order valence-electron chi connectivity index (χ1n) is 5.71. The van der Waals surface area contributed by atoms with E-state index in [2.05, 4.69) is 32.7 Å². The summed E-state index contributed by atoms with van der Waals surface area (Å²) in [5, 5.41) is 0. The van der Waals surface area contributed by atoms with Crippen LogP contribution in [0.3, 0.4) is 0 Å². The molecule has 1 aromatic rings. The first-order chi connectivity index (χ1) is 8.17. The van der Waals surface area contributed by atoms with Gasteiger partial charge in [0, 0.05) is 36.2 Å². The molecule has 0 bridgehead atoms. The van der Waals surface area contributed by atoms with Gasteiger partial charge in [-0.25, -0.2) is 0 Å². The molecule has 94 valence electrons. The van der Waals surface area contributed by atoms with E-state index in [-0.39, 0.29) is 12.2 Å². The summed E-state index contributed by atoms with van der Waals surface area (Å²) in [4.78, 5) is 6.73. The number of morpholine rings is 1. The minimum atomic E-state index is 0.135. The van der Waals surface area contributed by atoms with Gasteiger partial charge in [0.2, 0.25) is 0 Å². The lowest BCUT2D eigenvalue weighted by Gasteiger charge is -2.35. The number of aromatic nitrogens is 1. The van der Waals surface area contributed by atoms with Crippen molar-refractivity contribution in [2.75, 3.05) is 19.0 Å². The number of hydrogen-bond acceptors (Lipinski definition) is 3. The largest absolute Gasteiger partial charge is 0.371 e. The maximum absolute atomic E-state index is 5.86. The highest BCUT2D eigenvalue weighted by Crippen LogP contribution is 2.15. The highest BCUT2D eigenvalue weighted by Gasteiger charge is 2.24. The lowest BCUT2D eigenvalue weighted by atomic mass is 10.2. The predicted molar refractivity (Wildman–Crippen MR) is 72.3 cm³/mol. The van der Waals surface area contributed by atoms with Crippen molar-refractivity contribution in [1.29, 1.82) is 0 Å². The fraction of sp³-hybridized carbons (Fsp3) is 0.583. The molecule has 3 nitrogen and oxygen atoms in total. The Morgan fingerprint density at radius 2 is 2.35 bits per heavy atom. The zero-order chi connectivity index (χ0) is 12.3. The number of alkyl halides is 1. The molecule has 0 N–H and O–H groups in total. The van der Waals surface area contributed by atoms with Gasteiger partial charge in [0.15, 0.2) is 0 Å². The van der Waals surface area contributed by atoms with Gasteiger partial charge in [-0.3, -0.25) is 9.88 Å². The number of hydrogen-bond donors (Lipinski definition) is 0. The van der Waals surface area contributed by atoms with Gasteiger partial charge >= 0.3 is 0 Å². The summed E-state index contributed by atoms with van der Waals surface area (Å²) in [6.45, 7) is 4.76. The Morgan fingerprint density at radius 3 is 3.00 bits per heavy atom. The lowest BCUT2D eigenvalue weighted by molar-refractivity contribution is -0.0691. The third-order valence-electron chi connectivity index (χ3n) is 2.75. The number of rotatable bonds is 3. The van der Waals surface area contributed by atoms with Gasteiger partial charge in [-0.2, -0.15) is 0 Å². The van der Waals surface area contributed by atoms with Crippen LogP contribution in [0.15, 0.2) is 22.8 Å². The van der Waals surface area contributed by atoms with Crippen LogP contribution in [0.25, 0.3) is 0 Å². The summed E-state index contributed by atoms with van der Waals surface area (Å²) < 4.78 is 6.73. The molecule has 1 aromatic heterocycles. The van der Waals surface area contributed by atoms with E-state index in [1.807, 2.05) is 18.3 Å². The minimum Gasteiger partial charge on any atom is -0.371 e. The maximum Gasteiger partial charge on any atom is 0.0841 e. The van der Waals surface area contributed by atoms with Crippen LogP contribution in [0, 0.1) is 0 Å². The lowest BCUT2D eigenvalue weighted by Crippen LogP contribution is -2.46. The Morgan fingerprint density at radius 1 is 1.53 bits per heavy atom. The molecule has 2 atom stereocenters. The second-order valence-electron chi connectivity index (χ2n) is 4.38. The first kappa shape index (κ1) is 13.3. The van der Waals surface area contributed by atoms with Crippen LogP contribution in [0.4, 0.5) is 0 Å². The predicted octanol–water partition coefficient (Wildman–Crippen LogP) is 2.67. The van der Waals surface area contributed by atoms with Crippen LogP contribution in [0.2, 0.25) is 0 Å². The molecule has 0 aliphatic carbocycles. The highest BCUT2D eigenvalue weighted by molar-refractivity contribution is 9.10. The normalized spacial score (nSPS) is 26.1. The molecule has 17 heavy (non-hydrogen) atoms. The Bertz CT molecular complexity index is 360. The zero-order valence-corrected chi connectivity index (χ0v) is 12.1. The van der Waals surface area contributed by atoms with Crippen LogP contribution in [0.1, 0.15) is 12.6 Å². The third kappa shape index (κ3) is 3.91. The van der Waals surface area contributed by atoms with E-state index in [1.54, 1.807) is 0 Å². The number of pyridine rings is 1. The zero-order valence-electron chi connectivity index (χ0n) is 9.77. The molecule has 1 fully saturated rings. The molecule has 2 unspecified atom stereocenters. The van der Waals surface area contributed by atoms with Crippen molar-refractivity contribution in [3.63, 3.8) is 0 Å². The van der Waals surface area contributed by atoms with Crippen LogP contribution in [-0.2, 0) is 11.3 Å². The summed E-state index contributed by atoms with van der Waals surface area (Å²) in [7, 11) is 0. The van der Waals surface area contributed by atoms with E-state index < -0.39 is 0 Å². The van der Waals surface area contributed by atoms with Gasteiger partial charge in [0.25, 0.3) is 0 Å². The van der Waals surface area contributed by atoms with Gasteiger partial charge in [-0.15, -0.1) is 11.6 Å². The molecular weight excluding hydrogens is 304 g/mol. The Labute approximate surface area is 115 Å². The maximum atomic E-state index is 5.86. The average molecular weight is 320 g/mol. The monoisotopic (exact) mass is 318 g/mol. The third-order valence-corrected chi connectivity index (χ3v) is 3.56. The van der Waals surface area contributed by atoms with E-state index in [0.717, 1.165) is 29.8 Å². The van der Waals surface area contributed by atoms with Gasteiger partial charge in [-0.1, -0.05) is 0 Å². The van der Waals surface area contributed by atoms with Crippen LogP contribution < -0.4 is 0 Å². The molecule has 5 heteroatoms. The fourth-order valence-electron chi connectivity index (χ4n) is 2.08. The molecule has 0 saturated carbocycles. The summed E-state index contributed by atoms with van der Waals surface area (Å²) in [6, 6.07) is 4.06. The van der Waals surface area contributed by atoms with E-state index in [0.29, 0.717) is 5.88 Å². The summed E-state index contributed by atoms with van der Waals surface area (Å²) in [5.74, 6) is 0.550. The van der Waals surface area contributed by atoms with Gasteiger partial charge in [0.05, 0.1) is 17.9 Å². The van der Waals surface area contributed by atoms with Crippen LogP contribution >= 0.6 is 27.5 Å². The second-order valence-corrected chi connectivity index (χ2v) is 5.61. The van der Waals surface area contributed by atoms with E-state index >= 15 is 0 Å². The molecule has 1 aliphatic rings. The number of nitrogens with zero attached hydrogens (tertiary/aromatic N) is 2. The van der Waals surface area contributed by atoms with Crippen molar-refractivity contribution in [3.05, 3.63) is 28.5 Å². The molecule has 0 aromatic carbocycles. The standard InChI is InChI=1S/C12H16BrClN2O/c1-9-6-16(8-12(4-14)17-9)7-11-3-2-10(13)5-15-11/h2-3,5,9,12H,4,6-8H2,1H3. The summed E-state index contributed by atoms with van der Waals surface area (Å²) in [6.07, 6.45) is 2.21. The van der Waals surface area contributed by atoms with Crippen molar-refractivity contribution in [3.8, 4) is 0 Å². The molecular formula is C12H16BrClN2O. The van der Waals surface area contributed by atoms with E-state index in [1.165, 1.54) is 0 Å². The number of ether oxygens (including phenoxy) is 1. The minimum absolute atomic E-state index is 0.135. The van der Waals surface area contributed by atoms with Crippen LogP contribution in [-0.4, -0.2) is 41.1 Å². The molecule has 1 aliphatic heterocycles. The Balaban J connectivity index is 1.95. The van der Waals surface area contributed by atoms with Gasteiger partial charge in [-0.05, 0) is 35.0 Å². The van der Waals surface area contributed by atoms with Crippen LogP contribution in [0.5, 0.6) is 0 Å². The van der Waals surface area contributed by atoms with Crippen molar-refractivity contribution in [1.82, 2.24) is 9.88 Å². The molecule has 2 heterocycles. The fourth-order valence-corrected chi connectivity index (χ4v) is 2.49.